The fourth-order valence-electron chi connectivity index (χ4n) is 0.899. The van der Waals surface area contributed by atoms with Crippen LogP contribution in [0.1, 0.15) is 13.8 Å². The normalized spacial score (nSPS) is 9.38. The van der Waals surface area contributed by atoms with Crippen LogP contribution < -0.4 is 9.47 Å². The molecule has 0 spiro atoms. The lowest BCUT2D eigenvalue weighted by Crippen LogP contribution is -2.03. The van der Waals surface area contributed by atoms with Gasteiger partial charge in [-0.05, 0) is 13.0 Å². The zero-order valence-electron chi connectivity index (χ0n) is 7.66. The second-order valence-electron chi connectivity index (χ2n) is 2.39. The highest BCUT2D eigenvalue weighted by atomic mass is 16.6. The lowest BCUT2D eigenvalue weighted by molar-refractivity contribution is -0.132. The number of hydrogen-bond acceptors (Lipinski definition) is 3. The van der Waals surface area contributed by atoms with Gasteiger partial charge >= 0.3 is 5.97 Å². The number of rotatable bonds is 3. The summed E-state index contributed by atoms with van der Waals surface area (Å²) >= 11 is 0. The van der Waals surface area contributed by atoms with Gasteiger partial charge in [0.1, 0.15) is 0 Å². The van der Waals surface area contributed by atoms with E-state index in [2.05, 4.69) is 6.07 Å². The van der Waals surface area contributed by atoms with E-state index in [1.165, 1.54) is 6.92 Å². The zero-order chi connectivity index (χ0) is 9.68. The average molecular weight is 179 g/mol. The van der Waals surface area contributed by atoms with E-state index < -0.39 is 0 Å². The lowest BCUT2D eigenvalue weighted by Gasteiger charge is -2.07. The summed E-state index contributed by atoms with van der Waals surface area (Å²) in [7, 11) is 0. The molecular formula is C10H11O3. The molecule has 0 atom stereocenters. The molecule has 0 aliphatic carbocycles. The van der Waals surface area contributed by atoms with Crippen LogP contribution in [0.5, 0.6) is 11.5 Å². The Bertz CT molecular complexity index is 294. The number of para-hydroxylation sites is 1. The first-order valence-electron chi connectivity index (χ1n) is 4.06. The van der Waals surface area contributed by atoms with Crippen LogP contribution in [0.25, 0.3) is 0 Å². The molecule has 0 fully saturated rings. The van der Waals surface area contributed by atoms with Gasteiger partial charge in [0.25, 0.3) is 0 Å². The van der Waals surface area contributed by atoms with Crippen molar-refractivity contribution in [2.24, 2.45) is 0 Å². The molecule has 0 saturated heterocycles. The van der Waals surface area contributed by atoms with Gasteiger partial charge in [-0.3, -0.25) is 4.79 Å². The maximum atomic E-state index is 10.7. The Labute approximate surface area is 77.3 Å². The van der Waals surface area contributed by atoms with E-state index in [4.69, 9.17) is 9.47 Å². The summed E-state index contributed by atoms with van der Waals surface area (Å²) in [5.41, 5.74) is 0. The number of benzene rings is 1. The Morgan fingerprint density at radius 2 is 2.38 bits per heavy atom. The molecule has 0 aliphatic heterocycles. The quantitative estimate of drug-likeness (QED) is 0.524. The van der Waals surface area contributed by atoms with Gasteiger partial charge in [-0.2, -0.15) is 0 Å². The van der Waals surface area contributed by atoms with Crippen LogP contribution in [0, 0.1) is 6.07 Å². The predicted octanol–water partition coefficient (Wildman–Crippen LogP) is 1.81. The van der Waals surface area contributed by atoms with E-state index in [1.54, 1.807) is 18.2 Å². The summed E-state index contributed by atoms with van der Waals surface area (Å²) < 4.78 is 10.1. The number of esters is 1. The Morgan fingerprint density at radius 1 is 1.62 bits per heavy atom. The van der Waals surface area contributed by atoms with Crippen LogP contribution in [0.3, 0.4) is 0 Å². The van der Waals surface area contributed by atoms with Gasteiger partial charge in [-0.15, -0.1) is 0 Å². The molecule has 1 aromatic carbocycles. The zero-order valence-corrected chi connectivity index (χ0v) is 7.66. The molecule has 1 rings (SSSR count). The van der Waals surface area contributed by atoms with Crippen LogP contribution in [0.4, 0.5) is 0 Å². The van der Waals surface area contributed by atoms with Crippen molar-refractivity contribution in [2.45, 2.75) is 13.8 Å². The van der Waals surface area contributed by atoms with E-state index in [9.17, 15) is 4.79 Å². The minimum atomic E-state index is -0.372. The average Bonchev–Trinajstić information content (AvgIpc) is 2.08. The van der Waals surface area contributed by atoms with Gasteiger partial charge in [0, 0.05) is 13.0 Å². The summed E-state index contributed by atoms with van der Waals surface area (Å²) in [4.78, 5) is 10.7. The predicted molar refractivity (Wildman–Crippen MR) is 47.8 cm³/mol. The van der Waals surface area contributed by atoms with Gasteiger partial charge in [-0.1, -0.05) is 12.1 Å². The highest BCUT2D eigenvalue weighted by molar-refractivity contribution is 5.70. The van der Waals surface area contributed by atoms with E-state index in [-0.39, 0.29) is 5.97 Å². The molecule has 3 heteroatoms. The second kappa shape index (κ2) is 4.50. The molecule has 0 aliphatic rings. The first-order valence-corrected chi connectivity index (χ1v) is 4.06. The van der Waals surface area contributed by atoms with Gasteiger partial charge < -0.3 is 9.47 Å². The minimum absolute atomic E-state index is 0.344. The third-order valence-electron chi connectivity index (χ3n) is 1.33. The van der Waals surface area contributed by atoms with Crippen LogP contribution >= 0.6 is 0 Å². The number of hydrogen-bond donors (Lipinski definition) is 0. The van der Waals surface area contributed by atoms with Crippen LogP contribution in [-0.4, -0.2) is 12.6 Å². The third kappa shape index (κ3) is 2.78. The third-order valence-corrected chi connectivity index (χ3v) is 1.33. The monoisotopic (exact) mass is 179 g/mol. The fourth-order valence-corrected chi connectivity index (χ4v) is 0.899. The second-order valence-corrected chi connectivity index (χ2v) is 2.39. The highest BCUT2D eigenvalue weighted by Crippen LogP contribution is 2.25. The van der Waals surface area contributed by atoms with Gasteiger partial charge in [-0.25, -0.2) is 0 Å². The molecule has 3 nitrogen and oxygen atoms in total. The molecular weight excluding hydrogens is 168 g/mol. The van der Waals surface area contributed by atoms with E-state index in [1.807, 2.05) is 6.92 Å². The van der Waals surface area contributed by atoms with Crippen LogP contribution in [0.15, 0.2) is 18.2 Å². The van der Waals surface area contributed by atoms with E-state index in [0.29, 0.717) is 18.1 Å². The molecule has 0 amide bonds. The van der Waals surface area contributed by atoms with Crippen molar-refractivity contribution in [3.05, 3.63) is 24.3 Å². The maximum Gasteiger partial charge on any atom is 0.308 e. The Kier molecular flexibility index (Phi) is 3.31. The summed E-state index contributed by atoms with van der Waals surface area (Å²) in [5.74, 6) is 0.514. The Balaban J connectivity index is 2.84. The first kappa shape index (κ1) is 9.58. The Morgan fingerprint density at radius 3 is 3.00 bits per heavy atom. The number of carbonyl (C=O) groups excluding carboxylic acids is 1. The number of ether oxygens (including phenoxy) is 2. The van der Waals surface area contributed by atoms with Crippen molar-refractivity contribution >= 4 is 5.97 Å². The summed E-state index contributed by atoms with van der Waals surface area (Å²) in [6.45, 7) is 3.74. The van der Waals surface area contributed by atoms with Crippen molar-refractivity contribution in [1.82, 2.24) is 0 Å². The molecule has 0 bridgehead atoms. The SMILES string of the molecule is CCOc1ccc[c]c1OC(C)=O. The van der Waals surface area contributed by atoms with Crippen LogP contribution in [0.2, 0.25) is 0 Å². The molecule has 0 aromatic heterocycles. The molecule has 0 heterocycles. The molecule has 0 N–H and O–H groups in total. The summed E-state index contributed by atoms with van der Waals surface area (Å²) in [5, 5.41) is 0. The van der Waals surface area contributed by atoms with Crippen molar-refractivity contribution in [3.8, 4) is 11.5 Å². The lowest BCUT2D eigenvalue weighted by atomic mass is 10.3. The van der Waals surface area contributed by atoms with E-state index >= 15 is 0 Å². The summed E-state index contributed by atoms with van der Waals surface area (Å²) in [6, 6.07) is 7.96. The van der Waals surface area contributed by atoms with E-state index in [0.717, 1.165) is 0 Å². The molecule has 0 unspecified atom stereocenters. The smallest absolute Gasteiger partial charge is 0.308 e. The van der Waals surface area contributed by atoms with Crippen molar-refractivity contribution < 1.29 is 14.3 Å². The molecule has 1 aromatic rings. The van der Waals surface area contributed by atoms with Crippen molar-refractivity contribution in [2.75, 3.05) is 6.61 Å². The van der Waals surface area contributed by atoms with Gasteiger partial charge in [0.2, 0.25) is 0 Å². The van der Waals surface area contributed by atoms with Crippen molar-refractivity contribution in [3.63, 3.8) is 0 Å². The first-order chi connectivity index (χ1) is 6.24. The minimum Gasteiger partial charge on any atom is -0.490 e. The maximum absolute atomic E-state index is 10.7. The topological polar surface area (TPSA) is 35.5 Å². The van der Waals surface area contributed by atoms with Gasteiger partial charge in [0.15, 0.2) is 11.5 Å². The van der Waals surface area contributed by atoms with Crippen LogP contribution in [-0.2, 0) is 4.79 Å². The standard InChI is InChI=1S/C10H11O3/c1-3-12-9-6-4-5-7-10(9)13-8(2)11/h4-6H,3H2,1-2H3. The summed E-state index contributed by atoms with van der Waals surface area (Å²) in [6.07, 6.45) is 0. The molecule has 69 valence electrons. The molecule has 1 radical (unpaired) electrons. The highest BCUT2D eigenvalue weighted by Gasteiger charge is 2.05. The fraction of sp³-hybridized carbons (Fsp3) is 0.300. The largest absolute Gasteiger partial charge is 0.490 e. The molecule has 0 saturated carbocycles. The Hall–Kier alpha value is -1.51. The van der Waals surface area contributed by atoms with Gasteiger partial charge in [0.05, 0.1) is 6.61 Å². The molecule has 13 heavy (non-hydrogen) atoms. The van der Waals surface area contributed by atoms with Crippen molar-refractivity contribution in [1.29, 1.82) is 0 Å². The number of carbonyl (C=O) groups is 1.